The zero-order valence-corrected chi connectivity index (χ0v) is 14.6. The van der Waals surface area contributed by atoms with Gasteiger partial charge in [-0.1, -0.05) is 42.5 Å². The molecule has 0 aliphatic carbocycles. The molecule has 0 unspecified atom stereocenters. The predicted octanol–water partition coefficient (Wildman–Crippen LogP) is 1.83. The minimum absolute atomic E-state index is 0.0542. The van der Waals surface area contributed by atoms with Gasteiger partial charge in [0, 0.05) is 29.9 Å². The van der Waals surface area contributed by atoms with Crippen molar-refractivity contribution in [2.75, 3.05) is 18.8 Å². The largest absolute Gasteiger partial charge is 0.369 e. The Hall–Kier alpha value is -2.31. The summed E-state index contributed by atoms with van der Waals surface area (Å²) in [6.45, 7) is 1.12. The number of nitrogens with zero attached hydrogens (tertiary/aromatic N) is 1. The number of rotatable bonds is 5. The van der Waals surface area contributed by atoms with Crippen molar-refractivity contribution in [2.24, 2.45) is 11.5 Å². The molecule has 5 nitrogen and oxygen atoms in total. The Morgan fingerprint density at radius 3 is 2.44 bits per heavy atom. The molecule has 1 heterocycles. The van der Waals surface area contributed by atoms with Gasteiger partial charge in [0.2, 0.25) is 5.91 Å². The van der Waals surface area contributed by atoms with Crippen LogP contribution in [0, 0.1) is 0 Å². The highest BCUT2D eigenvalue weighted by molar-refractivity contribution is 8.00. The highest BCUT2D eigenvalue weighted by Crippen LogP contribution is 2.29. The Morgan fingerprint density at radius 2 is 1.72 bits per heavy atom. The van der Waals surface area contributed by atoms with Crippen LogP contribution in [-0.2, 0) is 4.79 Å². The van der Waals surface area contributed by atoms with Crippen LogP contribution in [0.15, 0.2) is 59.5 Å². The summed E-state index contributed by atoms with van der Waals surface area (Å²) in [7, 11) is 0. The first-order valence-electron chi connectivity index (χ1n) is 8.16. The van der Waals surface area contributed by atoms with Gasteiger partial charge in [-0.3, -0.25) is 9.59 Å². The van der Waals surface area contributed by atoms with Crippen molar-refractivity contribution in [3.8, 4) is 0 Å². The van der Waals surface area contributed by atoms with E-state index in [2.05, 4.69) is 12.1 Å². The van der Waals surface area contributed by atoms with Gasteiger partial charge in [0.1, 0.15) is 0 Å². The summed E-state index contributed by atoms with van der Waals surface area (Å²) in [5, 5.41) is 0. The predicted molar refractivity (Wildman–Crippen MR) is 99.4 cm³/mol. The summed E-state index contributed by atoms with van der Waals surface area (Å²) in [4.78, 5) is 26.6. The third kappa shape index (κ3) is 4.03. The number of primary amides is 1. The van der Waals surface area contributed by atoms with E-state index < -0.39 is 5.91 Å². The summed E-state index contributed by atoms with van der Waals surface area (Å²) in [5.41, 5.74) is 13.3. The molecule has 2 atom stereocenters. The average molecular weight is 355 g/mol. The van der Waals surface area contributed by atoms with E-state index in [1.165, 1.54) is 11.8 Å². The second kappa shape index (κ2) is 7.72. The number of hydrogen-bond donors (Lipinski definition) is 2. The molecule has 0 saturated carbocycles. The highest BCUT2D eigenvalue weighted by Gasteiger charge is 2.34. The van der Waals surface area contributed by atoms with E-state index in [1.54, 1.807) is 11.0 Å². The molecule has 1 fully saturated rings. The number of carbonyl (C=O) groups is 2. The van der Waals surface area contributed by atoms with Crippen molar-refractivity contribution >= 4 is 23.6 Å². The summed E-state index contributed by atoms with van der Waals surface area (Å²) in [6, 6.07) is 17.3. The fourth-order valence-electron chi connectivity index (χ4n) is 3.14. The highest BCUT2D eigenvalue weighted by atomic mass is 32.2. The van der Waals surface area contributed by atoms with Gasteiger partial charge in [-0.15, -0.1) is 11.8 Å². The van der Waals surface area contributed by atoms with Crippen molar-refractivity contribution in [1.29, 1.82) is 0 Å². The third-order valence-electron chi connectivity index (χ3n) is 4.37. The Balaban J connectivity index is 1.77. The van der Waals surface area contributed by atoms with E-state index in [9.17, 15) is 9.59 Å². The van der Waals surface area contributed by atoms with Gasteiger partial charge in [-0.2, -0.15) is 0 Å². The maximum absolute atomic E-state index is 13.0. The lowest BCUT2D eigenvalue weighted by Gasteiger charge is -2.18. The van der Waals surface area contributed by atoms with Gasteiger partial charge in [0.25, 0.3) is 5.91 Å². The molecule has 3 rings (SSSR count). The fourth-order valence-corrected chi connectivity index (χ4v) is 3.92. The van der Waals surface area contributed by atoms with Crippen LogP contribution in [0.3, 0.4) is 0 Å². The SMILES string of the molecule is NC(=O)CSc1ccccc1C(=O)N1C[C@@H](N)[C@H](c2ccccc2)C1. The second-order valence-electron chi connectivity index (χ2n) is 6.14. The lowest BCUT2D eigenvalue weighted by Crippen LogP contribution is -2.32. The molecule has 2 aromatic rings. The van der Waals surface area contributed by atoms with Crippen LogP contribution in [-0.4, -0.2) is 41.6 Å². The van der Waals surface area contributed by atoms with Crippen LogP contribution in [0.5, 0.6) is 0 Å². The fraction of sp³-hybridized carbons (Fsp3) is 0.263. The smallest absolute Gasteiger partial charge is 0.255 e. The molecule has 0 bridgehead atoms. The zero-order valence-electron chi connectivity index (χ0n) is 13.8. The second-order valence-corrected chi connectivity index (χ2v) is 7.16. The van der Waals surface area contributed by atoms with Crippen LogP contribution >= 0.6 is 11.8 Å². The standard InChI is InChI=1S/C19H21N3O2S/c20-16-11-22(10-15(16)13-6-2-1-3-7-13)19(24)14-8-4-5-9-17(14)25-12-18(21)23/h1-9,15-16H,10-12,20H2,(H2,21,23)/t15-,16+/m0/s1. The van der Waals surface area contributed by atoms with Gasteiger partial charge in [-0.25, -0.2) is 0 Å². The van der Waals surface area contributed by atoms with Crippen LogP contribution in [0.1, 0.15) is 21.8 Å². The molecule has 1 saturated heterocycles. The molecular weight excluding hydrogens is 334 g/mol. The number of benzene rings is 2. The molecule has 6 heteroatoms. The monoisotopic (exact) mass is 355 g/mol. The lowest BCUT2D eigenvalue weighted by atomic mass is 9.95. The molecule has 0 aromatic heterocycles. The number of carbonyl (C=O) groups excluding carboxylic acids is 2. The molecule has 4 N–H and O–H groups in total. The van der Waals surface area contributed by atoms with Crippen molar-refractivity contribution in [2.45, 2.75) is 16.9 Å². The minimum atomic E-state index is -0.403. The van der Waals surface area contributed by atoms with Crippen LogP contribution < -0.4 is 11.5 Å². The van der Waals surface area contributed by atoms with Gasteiger partial charge in [0.05, 0.1) is 11.3 Å². The molecule has 0 spiro atoms. The minimum Gasteiger partial charge on any atom is -0.369 e. The van der Waals surface area contributed by atoms with Gasteiger partial charge in [-0.05, 0) is 17.7 Å². The van der Waals surface area contributed by atoms with E-state index in [0.717, 1.165) is 10.5 Å². The van der Waals surface area contributed by atoms with Crippen LogP contribution in [0.25, 0.3) is 0 Å². The molecule has 2 aromatic carbocycles. The van der Waals surface area contributed by atoms with Gasteiger partial charge < -0.3 is 16.4 Å². The van der Waals surface area contributed by atoms with E-state index in [0.29, 0.717) is 18.7 Å². The molecule has 25 heavy (non-hydrogen) atoms. The Kier molecular flexibility index (Phi) is 5.40. The lowest BCUT2D eigenvalue weighted by molar-refractivity contribution is -0.115. The van der Waals surface area contributed by atoms with E-state index in [1.807, 2.05) is 36.4 Å². The van der Waals surface area contributed by atoms with Crippen LogP contribution in [0.2, 0.25) is 0 Å². The van der Waals surface area contributed by atoms with Crippen molar-refractivity contribution in [3.63, 3.8) is 0 Å². The van der Waals surface area contributed by atoms with Crippen molar-refractivity contribution in [1.82, 2.24) is 4.90 Å². The maximum Gasteiger partial charge on any atom is 0.255 e. The summed E-state index contributed by atoms with van der Waals surface area (Å²) in [5.74, 6) is -0.173. The quantitative estimate of drug-likeness (QED) is 0.801. The first-order valence-corrected chi connectivity index (χ1v) is 9.14. The molecule has 130 valence electrons. The molecule has 2 amide bonds. The van der Waals surface area contributed by atoms with Gasteiger partial charge in [0.15, 0.2) is 0 Å². The van der Waals surface area contributed by atoms with E-state index in [4.69, 9.17) is 11.5 Å². The van der Waals surface area contributed by atoms with Crippen molar-refractivity contribution in [3.05, 3.63) is 65.7 Å². The summed E-state index contributed by atoms with van der Waals surface area (Å²) in [6.07, 6.45) is 0. The Bertz CT molecular complexity index is 766. The third-order valence-corrected chi connectivity index (χ3v) is 5.46. The molecule has 0 radical (unpaired) electrons. The van der Waals surface area contributed by atoms with E-state index >= 15 is 0 Å². The summed E-state index contributed by atoms with van der Waals surface area (Å²) >= 11 is 1.29. The number of thioether (sulfide) groups is 1. The average Bonchev–Trinajstić information content (AvgIpc) is 3.02. The number of likely N-dealkylation sites (tertiary alicyclic amines) is 1. The summed E-state index contributed by atoms with van der Waals surface area (Å²) < 4.78 is 0. The Morgan fingerprint density at radius 1 is 1.04 bits per heavy atom. The zero-order chi connectivity index (χ0) is 17.8. The van der Waals surface area contributed by atoms with Gasteiger partial charge >= 0.3 is 0 Å². The number of nitrogens with two attached hydrogens (primary N) is 2. The normalized spacial score (nSPS) is 19.8. The van der Waals surface area contributed by atoms with E-state index in [-0.39, 0.29) is 23.6 Å². The number of hydrogen-bond acceptors (Lipinski definition) is 4. The van der Waals surface area contributed by atoms with Crippen molar-refractivity contribution < 1.29 is 9.59 Å². The molecule has 1 aliphatic rings. The molecule has 1 aliphatic heterocycles. The Labute approximate surface area is 151 Å². The molecular formula is C19H21N3O2S. The topological polar surface area (TPSA) is 89.4 Å². The first-order chi connectivity index (χ1) is 12.1. The first kappa shape index (κ1) is 17.5. The van der Waals surface area contributed by atoms with Crippen LogP contribution in [0.4, 0.5) is 0 Å². The maximum atomic E-state index is 13.0. The number of amides is 2.